The van der Waals surface area contributed by atoms with E-state index < -0.39 is 6.04 Å². The number of methoxy groups -OCH3 is 1. The van der Waals surface area contributed by atoms with Crippen molar-refractivity contribution >= 4 is 17.5 Å². The molecule has 1 heterocycles. The van der Waals surface area contributed by atoms with Crippen molar-refractivity contribution in [3.63, 3.8) is 0 Å². The van der Waals surface area contributed by atoms with E-state index >= 15 is 0 Å². The summed E-state index contributed by atoms with van der Waals surface area (Å²) in [4.78, 5) is 25.6. The van der Waals surface area contributed by atoms with Gasteiger partial charge in [0.05, 0.1) is 6.61 Å². The lowest BCUT2D eigenvalue weighted by atomic mass is 10.1. The van der Waals surface area contributed by atoms with Crippen LogP contribution in [0.3, 0.4) is 0 Å². The summed E-state index contributed by atoms with van der Waals surface area (Å²) in [7, 11) is 1.61. The molecule has 1 fully saturated rings. The number of carbonyl (C=O) groups excluding carboxylic acids is 2. The Morgan fingerprint density at radius 2 is 2.11 bits per heavy atom. The molecule has 1 aromatic rings. The maximum Gasteiger partial charge on any atom is 0.250 e. The van der Waals surface area contributed by atoms with Crippen molar-refractivity contribution in [1.82, 2.24) is 5.32 Å². The fraction of sp³-hybridized carbons (Fsp3) is 0.429. The van der Waals surface area contributed by atoms with Crippen molar-refractivity contribution in [1.29, 1.82) is 0 Å². The fourth-order valence-electron chi connectivity index (χ4n) is 2.24. The van der Waals surface area contributed by atoms with E-state index in [4.69, 9.17) is 4.74 Å². The average molecular weight is 262 g/mol. The molecule has 1 aliphatic heterocycles. The van der Waals surface area contributed by atoms with E-state index in [1.54, 1.807) is 12.0 Å². The molecule has 102 valence electrons. The number of nitrogens with one attached hydrogen (secondary N) is 1. The summed E-state index contributed by atoms with van der Waals surface area (Å²) in [6.07, 6.45) is 0.591. The third kappa shape index (κ3) is 2.76. The summed E-state index contributed by atoms with van der Waals surface area (Å²) >= 11 is 0. The molecule has 19 heavy (non-hydrogen) atoms. The van der Waals surface area contributed by atoms with Gasteiger partial charge in [0.1, 0.15) is 12.6 Å². The third-order valence-electron chi connectivity index (χ3n) is 3.19. The normalized spacial score (nSPS) is 19.5. The summed E-state index contributed by atoms with van der Waals surface area (Å²) in [5.41, 5.74) is 1.66. The SMILES string of the molecule is CCC1NC(=O)CN(c2ccccc2COC)C1=O. The van der Waals surface area contributed by atoms with E-state index in [0.717, 1.165) is 11.3 Å². The van der Waals surface area contributed by atoms with Crippen LogP contribution in [0.1, 0.15) is 18.9 Å². The van der Waals surface area contributed by atoms with Gasteiger partial charge in [-0.05, 0) is 12.5 Å². The number of ether oxygens (including phenoxy) is 1. The van der Waals surface area contributed by atoms with Crippen molar-refractivity contribution in [2.75, 3.05) is 18.6 Å². The van der Waals surface area contributed by atoms with E-state index in [2.05, 4.69) is 5.32 Å². The second-order valence-electron chi connectivity index (χ2n) is 4.51. The van der Waals surface area contributed by atoms with Gasteiger partial charge in [0.25, 0.3) is 0 Å². The molecule has 0 bridgehead atoms. The second-order valence-corrected chi connectivity index (χ2v) is 4.51. The first-order chi connectivity index (χ1) is 9.17. The number of nitrogens with zero attached hydrogens (tertiary/aromatic N) is 1. The number of para-hydroxylation sites is 1. The Balaban J connectivity index is 2.34. The molecule has 1 unspecified atom stereocenters. The summed E-state index contributed by atoms with van der Waals surface area (Å²) in [6, 6.07) is 7.06. The van der Waals surface area contributed by atoms with Crippen LogP contribution in [0, 0.1) is 0 Å². The number of carbonyl (C=O) groups is 2. The van der Waals surface area contributed by atoms with Gasteiger partial charge >= 0.3 is 0 Å². The molecule has 0 aliphatic carbocycles. The molecule has 5 nitrogen and oxygen atoms in total. The van der Waals surface area contributed by atoms with Crippen molar-refractivity contribution in [2.24, 2.45) is 0 Å². The zero-order valence-electron chi connectivity index (χ0n) is 11.2. The predicted molar refractivity (Wildman–Crippen MR) is 71.7 cm³/mol. The van der Waals surface area contributed by atoms with E-state index in [9.17, 15) is 9.59 Å². The van der Waals surface area contributed by atoms with E-state index in [0.29, 0.717) is 13.0 Å². The Kier molecular flexibility index (Phi) is 4.16. The lowest BCUT2D eigenvalue weighted by molar-refractivity contribution is -0.131. The van der Waals surface area contributed by atoms with Crippen LogP contribution in [0.4, 0.5) is 5.69 Å². The van der Waals surface area contributed by atoms with E-state index in [1.807, 2.05) is 31.2 Å². The van der Waals surface area contributed by atoms with Crippen LogP contribution in [0.25, 0.3) is 0 Å². The zero-order valence-corrected chi connectivity index (χ0v) is 11.2. The standard InChI is InChI=1S/C14H18N2O3/c1-3-11-14(18)16(8-13(17)15-11)12-7-5-4-6-10(12)9-19-2/h4-7,11H,3,8-9H2,1-2H3,(H,15,17). The quantitative estimate of drug-likeness (QED) is 0.883. The third-order valence-corrected chi connectivity index (χ3v) is 3.19. The molecule has 5 heteroatoms. The number of hydrogen-bond donors (Lipinski definition) is 1. The molecule has 1 aromatic carbocycles. The van der Waals surface area contributed by atoms with Crippen molar-refractivity contribution in [2.45, 2.75) is 26.0 Å². The maximum absolute atomic E-state index is 12.3. The number of amides is 2. The molecular formula is C14H18N2O3. The number of piperazine rings is 1. The van der Waals surface area contributed by atoms with Gasteiger partial charge in [0.15, 0.2) is 0 Å². The molecule has 1 aliphatic rings. The Bertz CT molecular complexity index is 487. The molecule has 0 saturated carbocycles. The highest BCUT2D eigenvalue weighted by Gasteiger charge is 2.33. The summed E-state index contributed by atoms with van der Waals surface area (Å²) in [6.45, 7) is 2.36. The molecule has 1 N–H and O–H groups in total. The minimum atomic E-state index is -0.433. The van der Waals surface area contributed by atoms with Crippen molar-refractivity contribution in [3.05, 3.63) is 29.8 Å². The van der Waals surface area contributed by atoms with Gasteiger partial charge in [-0.3, -0.25) is 9.59 Å². The molecule has 0 radical (unpaired) electrons. The Morgan fingerprint density at radius 1 is 1.37 bits per heavy atom. The summed E-state index contributed by atoms with van der Waals surface area (Å²) in [5, 5.41) is 2.71. The van der Waals surface area contributed by atoms with Gasteiger partial charge < -0.3 is 15.0 Å². The van der Waals surface area contributed by atoms with Crippen LogP contribution in [-0.2, 0) is 20.9 Å². The highest BCUT2D eigenvalue weighted by atomic mass is 16.5. The van der Waals surface area contributed by atoms with Crippen LogP contribution >= 0.6 is 0 Å². The lowest BCUT2D eigenvalue weighted by Crippen LogP contribution is -2.58. The maximum atomic E-state index is 12.3. The number of benzene rings is 1. The largest absolute Gasteiger partial charge is 0.380 e. The Labute approximate surface area is 112 Å². The highest BCUT2D eigenvalue weighted by molar-refractivity contribution is 6.06. The smallest absolute Gasteiger partial charge is 0.250 e. The van der Waals surface area contributed by atoms with Gasteiger partial charge in [-0.25, -0.2) is 0 Å². The van der Waals surface area contributed by atoms with Crippen molar-refractivity contribution in [3.8, 4) is 0 Å². The molecule has 2 amide bonds. The first-order valence-corrected chi connectivity index (χ1v) is 6.35. The molecule has 0 spiro atoms. The van der Waals surface area contributed by atoms with E-state index in [1.165, 1.54) is 0 Å². The highest BCUT2D eigenvalue weighted by Crippen LogP contribution is 2.23. The first kappa shape index (κ1) is 13.5. The molecule has 1 atom stereocenters. The summed E-state index contributed by atoms with van der Waals surface area (Å²) < 4.78 is 5.14. The molecular weight excluding hydrogens is 244 g/mol. The zero-order chi connectivity index (χ0) is 13.8. The second kappa shape index (κ2) is 5.84. The van der Waals surface area contributed by atoms with Gasteiger partial charge in [-0.1, -0.05) is 25.1 Å². The van der Waals surface area contributed by atoms with Crippen LogP contribution in [0.5, 0.6) is 0 Å². The molecule has 1 saturated heterocycles. The van der Waals surface area contributed by atoms with Crippen LogP contribution < -0.4 is 10.2 Å². The first-order valence-electron chi connectivity index (χ1n) is 6.35. The molecule has 2 rings (SSSR count). The fourth-order valence-corrected chi connectivity index (χ4v) is 2.24. The minimum absolute atomic E-state index is 0.0642. The van der Waals surface area contributed by atoms with Crippen LogP contribution in [0.2, 0.25) is 0 Å². The number of anilines is 1. The Morgan fingerprint density at radius 3 is 2.79 bits per heavy atom. The number of hydrogen-bond acceptors (Lipinski definition) is 3. The average Bonchev–Trinajstić information content (AvgIpc) is 2.42. The van der Waals surface area contributed by atoms with Crippen LogP contribution in [0.15, 0.2) is 24.3 Å². The minimum Gasteiger partial charge on any atom is -0.380 e. The monoisotopic (exact) mass is 262 g/mol. The predicted octanol–water partition coefficient (Wildman–Crippen LogP) is 1.07. The number of rotatable bonds is 4. The van der Waals surface area contributed by atoms with Gasteiger partial charge in [0.2, 0.25) is 11.8 Å². The van der Waals surface area contributed by atoms with E-state index in [-0.39, 0.29) is 18.4 Å². The lowest BCUT2D eigenvalue weighted by Gasteiger charge is -2.33. The van der Waals surface area contributed by atoms with Gasteiger partial charge in [-0.15, -0.1) is 0 Å². The van der Waals surface area contributed by atoms with Gasteiger partial charge in [0, 0.05) is 18.4 Å². The topological polar surface area (TPSA) is 58.6 Å². The Hall–Kier alpha value is -1.88. The van der Waals surface area contributed by atoms with Crippen LogP contribution in [-0.4, -0.2) is 31.5 Å². The summed E-state index contributed by atoms with van der Waals surface area (Å²) in [5.74, 6) is -0.190. The van der Waals surface area contributed by atoms with Gasteiger partial charge in [-0.2, -0.15) is 0 Å². The molecule has 0 aromatic heterocycles. The van der Waals surface area contributed by atoms with Crippen molar-refractivity contribution < 1.29 is 14.3 Å².